The molecule has 1 unspecified atom stereocenters. The molecule has 1 saturated heterocycles. The number of aliphatic imine (C=N–C) groups is 1. The summed E-state index contributed by atoms with van der Waals surface area (Å²) in [5.74, 6) is 1.66. The Balaban J connectivity index is 0.00000289. The number of hydrogen-bond donors (Lipinski definition) is 2. The lowest BCUT2D eigenvalue weighted by atomic mass is 9.97. The highest BCUT2D eigenvalue weighted by molar-refractivity contribution is 14.0. The fourth-order valence-corrected chi connectivity index (χ4v) is 4.80. The fraction of sp³-hybridized carbons (Fsp3) is 0.435. The van der Waals surface area contributed by atoms with Gasteiger partial charge in [0.05, 0.1) is 11.7 Å². The fourth-order valence-electron chi connectivity index (χ4n) is 3.94. The average Bonchev–Trinajstić information content (AvgIpc) is 3.52. The largest absolute Gasteiger partial charge is 0.354 e. The number of piperidine rings is 1. The van der Waals surface area contributed by atoms with Crippen molar-refractivity contribution in [3.8, 4) is 5.69 Å². The first-order chi connectivity index (χ1) is 15.2. The van der Waals surface area contributed by atoms with Crippen LogP contribution in [0.1, 0.15) is 36.2 Å². The summed E-state index contributed by atoms with van der Waals surface area (Å²) in [4.78, 5) is 12.5. The van der Waals surface area contributed by atoms with Gasteiger partial charge in [-0.2, -0.15) is 5.10 Å². The van der Waals surface area contributed by atoms with Crippen molar-refractivity contribution >= 4 is 41.3 Å². The summed E-state index contributed by atoms with van der Waals surface area (Å²) in [7, 11) is 1.83. The second-order valence-electron chi connectivity index (χ2n) is 8.06. The van der Waals surface area contributed by atoms with Crippen LogP contribution in [0, 0.1) is 5.92 Å². The van der Waals surface area contributed by atoms with E-state index in [1.165, 1.54) is 23.3 Å². The molecule has 1 fully saturated rings. The number of rotatable bonds is 7. The van der Waals surface area contributed by atoms with Crippen molar-refractivity contribution in [1.29, 1.82) is 0 Å². The molecule has 4 rings (SSSR count). The number of guanidine groups is 1. The molecule has 0 spiro atoms. The Morgan fingerprint density at radius 2 is 1.97 bits per heavy atom. The predicted octanol–water partition coefficient (Wildman–Crippen LogP) is 4.09. The molecule has 2 N–H and O–H groups in total. The maximum Gasteiger partial charge on any atom is 0.191 e. The SMILES string of the molecule is CN=C(NCc1ccc(-n2cncn2)cc1)NCC(c1cccs1)N1CCC(C)CC1.I. The number of thiophene rings is 1. The molecule has 0 amide bonds. The number of benzene rings is 1. The van der Waals surface area contributed by atoms with Crippen LogP contribution < -0.4 is 10.6 Å². The first-order valence-electron chi connectivity index (χ1n) is 10.9. The van der Waals surface area contributed by atoms with E-state index in [9.17, 15) is 0 Å². The number of likely N-dealkylation sites (tertiary alicyclic amines) is 1. The number of nitrogens with one attached hydrogen (secondary N) is 2. The molecule has 7 nitrogen and oxygen atoms in total. The Labute approximate surface area is 211 Å². The van der Waals surface area contributed by atoms with E-state index in [1.807, 2.05) is 30.5 Å². The van der Waals surface area contributed by atoms with Gasteiger partial charge < -0.3 is 10.6 Å². The molecular weight excluding hydrogens is 533 g/mol. The van der Waals surface area contributed by atoms with Gasteiger partial charge in [-0.3, -0.25) is 9.89 Å². The number of aromatic nitrogens is 3. The summed E-state index contributed by atoms with van der Waals surface area (Å²) in [6.45, 7) is 6.24. The predicted molar refractivity (Wildman–Crippen MR) is 142 cm³/mol. The summed E-state index contributed by atoms with van der Waals surface area (Å²) in [5, 5.41) is 13.3. The molecule has 0 saturated carbocycles. The van der Waals surface area contributed by atoms with Crippen LogP contribution in [-0.2, 0) is 6.54 Å². The van der Waals surface area contributed by atoms with Crippen molar-refractivity contribution < 1.29 is 0 Å². The minimum Gasteiger partial charge on any atom is -0.354 e. The second-order valence-corrected chi connectivity index (χ2v) is 9.04. The molecule has 1 aliphatic rings. The van der Waals surface area contributed by atoms with E-state index in [4.69, 9.17) is 0 Å². The van der Waals surface area contributed by atoms with E-state index >= 15 is 0 Å². The van der Waals surface area contributed by atoms with Crippen LogP contribution >= 0.6 is 35.3 Å². The van der Waals surface area contributed by atoms with Gasteiger partial charge in [0, 0.05) is 25.0 Å². The molecule has 2 aromatic heterocycles. The van der Waals surface area contributed by atoms with Gasteiger partial charge in [0.2, 0.25) is 0 Å². The third-order valence-electron chi connectivity index (χ3n) is 5.90. The van der Waals surface area contributed by atoms with Crippen LogP contribution in [-0.4, -0.2) is 52.3 Å². The van der Waals surface area contributed by atoms with Crippen molar-refractivity contribution in [3.63, 3.8) is 0 Å². The topological polar surface area (TPSA) is 70.4 Å². The van der Waals surface area contributed by atoms with E-state index in [0.717, 1.165) is 37.2 Å². The number of hydrogen-bond acceptors (Lipinski definition) is 5. The monoisotopic (exact) mass is 565 g/mol. The zero-order chi connectivity index (χ0) is 21.5. The maximum absolute atomic E-state index is 4.43. The van der Waals surface area contributed by atoms with E-state index in [2.05, 4.69) is 67.2 Å². The zero-order valence-corrected chi connectivity index (χ0v) is 21.8. The molecule has 1 aromatic carbocycles. The van der Waals surface area contributed by atoms with Gasteiger partial charge in [-0.05, 0) is 61.0 Å². The second kappa shape index (κ2) is 12.3. The molecule has 9 heteroatoms. The van der Waals surface area contributed by atoms with Gasteiger partial charge in [-0.25, -0.2) is 9.67 Å². The molecule has 0 aliphatic carbocycles. The van der Waals surface area contributed by atoms with E-state index in [-0.39, 0.29) is 24.0 Å². The third-order valence-corrected chi connectivity index (χ3v) is 6.87. The zero-order valence-electron chi connectivity index (χ0n) is 18.6. The van der Waals surface area contributed by atoms with Crippen molar-refractivity contribution in [1.82, 2.24) is 30.3 Å². The minimum atomic E-state index is 0. The summed E-state index contributed by atoms with van der Waals surface area (Å²) < 4.78 is 1.75. The molecule has 172 valence electrons. The first-order valence-corrected chi connectivity index (χ1v) is 11.8. The quantitative estimate of drug-likeness (QED) is 0.257. The number of halogens is 1. The van der Waals surface area contributed by atoms with Crippen LogP contribution in [0.2, 0.25) is 0 Å². The van der Waals surface area contributed by atoms with E-state index < -0.39 is 0 Å². The van der Waals surface area contributed by atoms with Crippen LogP contribution in [0.25, 0.3) is 5.69 Å². The Hall–Kier alpha value is -1.98. The highest BCUT2D eigenvalue weighted by atomic mass is 127. The minimum absolute atomic E-state index is 0. The van der Waals surface area contributed by atoms with Crippen LogP contribution in [0.5, 0.6) is 0 Å². The molecule has 3 aromatic rings. The number of nitrogens with zero attached hydrogens (tertiary/aromatic N) is 5. The van der Waals surface area contributed by atoms with Crippen molar-refractivity contribution in [2.45, 2.75) is 32.4 Å². The Morgan fingerprint density at radius 1 is 1.19 bits per heavy atom. The van der Waals surface area contributed by atoms with Gasteiger partial charge in [-0.1, -0.05) is 25.1 Å². The van der Waals surface area contributed by atoms with Gasteiger partial charge in [-0.15, -0.1) is 35.3 Å². The summed E-state index contributed by atoms with van der Waals surface area (Å²) in [5.41, 5.74) is 2.19. The van der Waals surface area contributed by atoms with Gasteiger partial charge in [0.25, 0.3) is 0 Å². The van der Waals surface area contributed by atoms with Crippen LogP contribution in [0.15, 0.2) is 59.4 Å². The lowest BCUT2D eigenvalue weighted by molar-refractivity contribution is 0.140. The van der Waals surface area contributed by atoms with Gasteiger partial charge in [0.15, 0.2) is 5.96 Å². The third kappa shape index (κ3) is 6.52. The highest BCUT2D eigenvalue weighted by Crippen LogP contribution is 2.29. The summed E-state index contributed by atoms with van der Waals surface area (Å²) in [6.07, 6.45) is 5.80. The van der Waals surface area contributed by atoms with E-state index in [0.29, 0.717) is 12.6 Å². The average molecular weight is 566 g/mol. The standard InChI is InChI=1S/C23H31N7S.HI/c1-18-9-11-29(12-10-18)21(22-4-3-13-31-22)15-27-23(24-2)26-14-19-5-7-20(8-6-19)30-17-25-16-28-30;/h3-8,13,16-18,21H,9-12,14-15H2,1-2H3,(H2,24,26,27);1H. The molecule has 1 aliphatic heterocycles. The van der Waals surface area contributed by atoms with Crippen LogP contribution in [0.4, 0.5) is 0 Å². The van der Waals surface area contributed by atoms with Crippen molar-refractivity contribution in [2.75, 3.05) is 26.7 Å². The van der Waals surface area contributed by atoms with Crippen LogP contribution in [0.3, 0.4) is 0 Å². The Bertz CT molecular complexity index is 933. The smallest absolute Gasteiger partial charge is 0.191 e. The molecular formula is C23H32IN7S. The summed E-state index contributed by atoms with van der Waals surface area (Å²) in [6, 6.07) is 13.1. The van der Waals surface area contributed by atoms with Gasteiger partial charge in [0.1, 0.15) is 12.7 Å². The maximum atomic E-state index is 4.43. The lowest BCUT2D eigenvalue weighted by Gasteiger charge is -2.36. The summed E-state index contributed by atoms with van der Waals surface area (Å²) >= 11 is 1.84. The molecule has 1 atom stereocenters. The van der Waals surface area contributed by atoms with Crippen molar-refractivity contribution in [2.24, 2.45) is 10.9 Å². The molecule has 0 bridgehead atoms. The molecule has 32 heavy (non-hydrogen) atoms. The van der Waals surface area contributed by atoms with Crippen molar-refractivity contribution in [3.05, 3.63) is 64.9 Å². The Kier molecular flexibility index (Phi) is 9.49. The van der Waals surface area contributed by atoms with Gasteiger partial charge >= 0.3 is 0 Å². The first kappa shape index (κ1) is 24.7. The molecule has 0 radical (unpaired) electrons. The normalized spacial score (nSPS) is 16.4. The Morgan fingerprint density at radius 3 is 2.59 bits per heavy atom. The lowest BCUT2D eigenvalue weighted by Crippen LogP contribution is -2.44. The van der Waals surface area contributed by atoms with E-state index in [1.54, 1.807) is 17.3 Å². The molecule has 3 heterocycles. The highest BCUT2D eigenvalue weighted by Gasteiger charge is 2.25.